The molecule has 1 saturated heterocycles. The Balaban J connectivity index is 2.24. The van der Waals surface area contributed by atoms with Crippen molar-refractivity contribution in [2.24, 2.45) is 0 Å². The lowest BCUT2D eigenvalue weighted by atomic mass is 10.3. The van der Waals surface area contributed by atoms with E-state index in [0.717, 1.165) is 0 Å². The summed E-state index contributed by atoms with van der Waals surface area (Å²) in [6, 6.07) is 0.382. The lowest BCUT2D eigenvalue weighted by molar-refractivity contribution is 0.158. The first-order valence-corrected chi connectivity index (χ1v) is 3.69. The predicted octanol–water partition coefficient (Wildman–Crippen LogP) is 0.463. The zero-order valence-electron chi connectivity index (χ0n) is 6.01. The average molecular weight is 129 g/mol. The summed E-state index contributed by atoms with van der Waals surface area (Å²) in [5, 5.41) is 8.75. The van der Waals surface area contributed by atoms with Crippen LogP contribution in [0.1, 0.15) is 19.8 Å². The minimum atomic E-state index is 0.306. The van der Waals surface area contributed by atoms with Gasteiger partial charge in [-0.05, 0) is 32.9 Å². The van der Waals surface area contributed by atoms with Crippen LogP contribution in [0.4, 0.5) is 0 Å². The highest BCUT2D eigenvalue weighted by Crippen LogP contribution is 2.10. The average Bonchev–Trinajstić information content (AvgIpc) is 2.37. The molecule has 0 aliphatic carbocycles. The number of nitrogens with zero attached hydrogens (tertiary/aromatic N) is 1. The Morgan fingerprint density at radius 1 is 1.44 bits per heavy atom. The molecule has 0 spiro atoms. The van der Waals surface area contributed by atoms with Crippen LogP contribution in [0.3, 0.4) is 0 Å². The Morgan fingerprint density at radius 2 is 2.00 bits per heavy atom. The fourth-order valence-corrected chi connectivity index (χ4v) is 1.30. The molecule has 1 fully saturated rings. The van der Waals surface area contributed by atoms with Gasteiger partial charge in [0.05, 0.1) is 6.61 Å². The molecule has 2 heteroatoms. The zero-order valence-corrected chi connectivity index (χ0v) is 6.01. The fraction of sp³-hybridized carbons (Fsp3) is 1.00. The predicted molar refractivity (Wildman–Crippen MR) is 37.4 cm³/mol. The number of hydrogen-bond acceptors (Lipinski definition) is 2. The third kappa shape index (κ3) is 1.66. The highest BCUT2D eigenvalue weighted by atomic mass is 16.3. The maximum Gasteiger partial charge on any atom is 0.0584 e. The van der Waals surface area contributed by atoms with Crippen molar-refractivity contribution in [1.29, 1.82) is 0 Å². The van der Waals surface area contributed by atoms with E-state index in [2.05, 4.69) is 11.8 Å². The molecular formula is C7H15NO. The molecule has 0 radical (unpaired) electrons. The minimum Gasteiger partial charge on any atom is -0.395 e. The Labute approximate surface area is 56.5 Å². The smallest absolute Gasteiger partial charge is 0.0584 e. The Morgan fingerprint density at radius 3 is 2.44 bits per heavy atom. The van der Waals surface area contributed by atoms with Crippen LogP contribution < -0.4 is 0 Å². The summed E-state index contributed by atoms with van der Waals surface area (Å²) in [4.78, 5) is 2.33. The second-order valence-electron chi connectivity index (χ2n) is 2.77. The van der Waals surface area contributed by atoms with Gasteiger partial charge in [0.2, 0.25) is 0 Å². The molecule has 54 valence electrons. The fourth-order valence-electron chi connectivity index (χ4n) is 1.30. The zero-order chi connectivity index (χ0) is 6.69. The van der Waals surface area contributed by atoms with E-state index in [9.17, 15) is 0 Å². The topological polar surface area (TPSA) is 23.5 Å². The number of aliphatic hydroxyl groups excluding tert-OH is 1. The molecule has 0 aromatic carbocycles. The molecule has 0 unspecified atom stereocenters. The van der Waals surface area contributed by atoms with Gasteiger partial charge >= 0.3 is 0 Å². The van der Waals surface area contributed by atoms with Crippen LogP contribution in [0.25, 0.3) is 0 Å². The van der Waals surface area contributed by atoms with Gasteiger partial charge in [-0.1, -0.05) is 0 Å². The summed E-state index contributed by atoms with van der Waals surface area (Å²) in [5.74, 6) is 0. The summed E-state index contributed by atoms with van der Waals surface area (Å²) in [7, 11) is 0. The lowest BCUT2D eigenvalue weighted by Gasteiger charge is -2.20. The molecule has 1 atom stereocenters. The van der Waals surface area contributed by atoms with Crippen LogP contribution in [0.15, 0.2) is 0 Å². The van der Waals surface area contributed by atoms with Crippen molar-refractivity contribution in [3.05, 3.63) is 0 Å². The van der Waals surface area contributed by atoms with Gasteiger partial charge in [-0.2, -0.15) is 0 Å². The van der Waals surface area contributed by atoms with Gasteiger partial charge in [-0.25, -0.2) is 0 Å². The molecule has 0 amide bonds. The van der Waals surface area contributed by atoms with Gasteiger partial charge in [0.25, 0.3) is 0 Å². The molecule has 1 aliphatic rings. The normalized spacial score (nSPS) is 24.7. The van der Waals surface area contributed by atoms with E-state index in [1.165, 1.54) is 25.9 Å². The standard InChI is InChI=1S/C7H15NO/c1-7(6-9)8-4-2-3-5-8/h7,9H,2-6H2,1H3/t7-/m1/s1. The number of aliphatic hydroxyl groups is 1. The molecule has 0 bridgehead atoms. The van der Waals surface area contributed by atoms with Gasteiger partial charge in [0, 0.05) is 6.04 Å². The molecule has 1 aliphatic heterocycles. The third-order valence-electron chi connectivity index (χ3n) is 2.03. The van der Waals surface area contributed by atoms with Crippen molar-refractivity contribution in [2.75, 3.05) is 19.7 Å². The molecule has 2 nitrogen and oxygen atoms in total. The molecule has 9 heavy (non-hydrogen) atoms. The Bertz CT molecular complexity index is 79.0. The van der Waals surface area contributed by atoms with Crippen LogP contribution in [0.2, 0.25) is 0 Å². The highest BCUT2D eigenvalue weighted by molar-refractivity contribution is 4.71. The van der Waals surface area contributed by atoms with Crippen molar-refractivity contribution in [2.45, 2.75) is 25.8 Å². The van der Waals surface area contributed by atoms with Crippen LogP contribution in [0, 0.1) is 0 Å². The number of hydrogen-bond donors (Lipinski definition) is 1. The van der Waals surface area contributed by atoms with Crippen LogP contribution in [-0.2, 0) is 0 Å². The summed E-state index contributed by atoms with van der Waals surface area (Å²) in [6.07, 6.45) is 2.62. The van der Waals surface area contributed by atoms with E-state index in [0.29, 0.717) is 12.6 Å². The largest absolute Gasteiger partial charge is 0.395 e. The summed E-state index contributed by atoms with van der Waals surface area (Å²) < 4.78 is 0. The first-order valence-electron chi connectivity index (χ1n) is 3.69. The van der Waals surface area contributed by atoms with E-state index >= 15 is 0 Å². The minimum absolute atomic E-state index is 0.306. The van der Waals surface area contributed by atoms with Gasteiger partial charge in [-0.15, -0.1) is 0 Å². The van der Waals surface area contributed by atoms with Crippen molar-refractivity contribution < 1.29 is 5.11 Å². The molecule has 0 aromatic heterocycles. The molecule has 1 N–H and O–H groups in total. The lowest BCUT2D eigenvalue weighted by Crippen LogP contribution is -2.32. The first-order chi connectivity index (χ1) is 4.34. The van der Waals surface area contributed by atoms with E-state index in [1.54, 1.807) is 0 Å². The number of rotatable bonds is 2. The SMILES string of the molecule is C[C@H](CO)N1CCCC1. The van der Waals surface area contributed by atoms with E-state index in [1.807, 2.05) is 0 Å². The van der Waals surface area contributed by atoms with E-state index in [4.69, 9.17) is 5.11 Å². The maximum atomic E-state index is 8.75. The molecule has 0 aromatic rings. The van der Waals surface area contributed by atoms with Gasteiger partial charge in [0.15, 0.2) is 0 Å². The monoisotopic (exact) mass is 129 g/mol. The quantitative estimate of drug-likeness (QED) is 0.585. The first kappa shape index (κ1) is 7.03. The third-order valence-corrected chi connectivity index (χ3v) is 2.03. The van der Waals surface area contributed by atoms with Crippen molar-refractivity contribution in [3.8, 4) is 0 Å². The summed E-state index contributed by atoms with van der Waals surface area (Å²) in [6.45, 7) is 4.74. The summed E-state index contributed by atoms with van der Waals surface area (Å²) >= 11 is 0. The van der Waals surface area contributed by atoms with Gasteiger partial charge in [0.1, 0.15) is 0 Å². The molecule has 0 saturated carbocycles. The van der Waals surface area contributed by atoms with Crippen LogP contribution in [0.5, 0.6) is 0 Å². The highest BCUT2D eigenvalue weighted by Gasteiger charge is 2.16. The Hall–Kier alpha value is -0.0800. The van der Waals surface area contributed by atoms with Crippen molar-refractivity contribution in [3.63, 3.8) is 0 Å². The Kier molecular flexibility index (Phi) is 2.49. The van der Waals surface area contributed by atoms with E-state index < -0.39 is 0 Å². The second-order valence-corrected chi connectivity index (χ2v) is 2.77. The molecular weight excluding hydrogens is 114 g/mol. The van der Waals surface area contributed by atoms with Crippen molar-refractivity contribution in [1.82, 2.24) is 4.90 Å². The van der Waals surface area contributed by atoms with Crippen LogP contribution >= 0.6 is 0 Å². The van der Waals surface area contributed by atoms with Gasteiger partial charge < -0.3 is 5.11 Å². The number of likely N-dealkylation sites (tertiary alicyclic amines) is 1. The van der Waals surface area contributed by atoms with Crippen molar-refractivity contribution >= 4 is 0 Å². The molecule has 1 heterocycles. The van der Waals surface area contributed by atoms with Gasteiger partial charge in [-0.3, -0.25) is 4.90 Å². The maximum absolute atomic E-state index is 8.75. The molecule has 1 rings (SSSR count). The second kappa shape index (κ2) is 3.18. The van der Waals surface area contributed by atoms with E-state index in [-0.39, 0.29) is 0 Å². The van der Waals surface area contributed by atoms with Crippen LogP contribution in [-0.4, -0.2) is 35.7 Å². The summed E-state index contributed by atoms with van der Waals surface area (Å²) in [5.41, 5.74) is 0.